The average Bonchev–Trinajstić information content (AvgIpc) is 2.43. The molecule has 0 unspecified atom stereocenters. The van der Waals surface area contributed by atoms with Gasteiger partial charge in [-0.1, -0.05) is 0 Å². The monoisotopic (exact) mass is 644 g/mol. The number of benzene rings is 1. The number of alkyl halides is 9. The van der Waals surface area contributed by atoms with Crippen molar-refractivity contribution in [2.45, 2.75) is 16.5 Å². The van der Waals surface area contributed by atoms with Gasteiger partial charge in [0.05, 0.1) is 0 Å². The van der Waals surface area contributed by atoms with E-state index in [-0.39, 0.29) is 0 Å². The van der Waals surface area contributed by atoms with E-state index in [2.05, 4.69) is 24.3 Å². The summed E-state index contributed by atoms with van der Waals surface area (Å²) in [6.45, 7) is 0. The van der Waals surface area contributed by atoms with Crippen molar-refractivity contribution in [2.75, 3.05) is 0 Å². The fourth-order valence-electron chi connectivity index (χ4n) is 0.438. The number of hydrogen-bond donors (Lipinski definition) is 0. The van der Waals surface area contributed by atoms with Crippen molar-refractivity contribution in [1.82, 2.24) is 0 Å². The second-order valence-corrected chi connectivity index (χ2v) is 9.83. The Labute approximate surface area is 181 Å². The van der Waals surface area contributed by atoms with Gasteiger partial charge in [-0.05, 0) is 0 Å². The molecule has 0 spiro atoms. The van der Waals surface area contributed by atoms with E-state index in [0.717, 1.165) is 0 Å². The van der Waals surface area contributed by atoms with Gasteiger partial charge < -0.3 is 13.7 Å². The van der Waals surface area contributed by atoms with E-state index in [1.54, 1.807) is 0 Å². The van der Waals surface area contributed by atoms with Crippen molar-refractivity contribution in [1.29, 1.82) is 0 Å². The second-order valence-electron chi connectivity index (χ2n) is 4.07. The molecule has 1 aromatic carbocycles. The number of rotatable bonds is 0. The van der Waals surface area contributed by atoms with E-state index in [1.165, 1.54) is 26.1 Å². The van der Waals surface area contributed by atoms with Crippen LogP contribution in [0.25, 0.3) is 0 Å². The van der Waals surface area contributed by atoms with E-state index in [1.807, 2.05) is 6.07 Å². The van der Waals surface area contributed by atoms with Crippen LogP contribution < -0.4 is 3.58 Å². The molecule has 0 fully saturated rings. The first-order valence-electron chi connectivity index (χ1n) is 5.97. The molecule has 0 atom stereocenters. The molecule has 1 aromatic rings. The molecule has 0 bridgehead atoms. The van der Waals surface area contributed by atoms with Crippen molar-refractivity contribution < 1.29 is 78.4 Å². The van der Waals surface area contributed by atoms with Crippen LogP contribution in [0, 0.1) is 0 Å². The maximum atomic E-state index is 10.7. The van der Waals surface area contributed by atoms with Gasteiger partial charge in [-0.15, -0.1) is 0 Å². The SMILES string of the molecule is O=S(=O)([O-])C(F)(F)F.O=S(=O)([O-])C(F)(F)F.O=S(=O)([O-])C(F)(F)F.[Sn+3][c]1ccccc1. The third-order valence-electron chi connectivity index (χ3n) is 1.62. The van der Waals surface area contributed by atoms with Crippen LogP contribution in [0.3, 0.4) is 0 Å². The van der Waals surface area contributed by atoms with Crippen LogP contribution in [0.2, 0.25) is 0 Å². The summed E-state index contributed by atoms with van der Waals surface area (Å²) < 4.78 is 178. The van der Waals surface area contributed by atoms with E-state index in [9.17, 15) is 39.5 Å². The Morgan fingerprint density at radius 1 is 0.548 bits per heavy atom. The molecule has 180 valence electrons. The third kappa shape index (κ3) is 18.4. The standard InChI is InChI=1S/C6H5.3CHF3O3S.Sn/c1-2-4-6-5-3-1;3*2-1(3,4)8(5,6)7;/h1-5H;3*(H,5,6,7);/q;;;;+3/p-3. The quantitative estimate of drug-likeness (QED) is 0.170. The van der Waals surface area contributed by atoms with E-state index >= 15 is 0 Å². The molecule has 1 rings (SSSR count). The molecule has 0 aliphatic carbocycles. The zero-order chi connectivity index (χ0) is 26.1. The Morgan fingerprint density at radius 2 is 0.710 bits per heavy atom. The molecule has 31 heavy (non-hydrogen) atoms. The van der Waals surface area contributed by atoms with Gasteiger partial charge in [0.2, 0.25) is 0 Å². The first-order chi connectivity index (χ1) is 13.1. The molecular formula is C9H5F9O9S3Sn. The maximum absolute atomic E-state index is 10.7. The predicted molar refractivity (Wildman–Crippen MR) is 79.1 cm³/mol. The van der Waals surface area contributed by atoms with Crippen LogP contribution in [0.4, 0.5) is 39.5 Å². The summed E-state index contributed by atoms with van der Waals surface area (Å²) in [6.07, 6.45) is 0. The zero-order valence-electron chi connectivity index (χ0n) is 13.7. The summed E-state index contributed by atoms with van der Waals surface area (Å²) in [4.78, 5) is 0. The average molecular weight is 643 g/mol. The van der Waals surface area contributed by atoms with Crippen molar-refractivity contribution in [2.24, 2.45) is 0 Å². The van der Waals surface area contributed by atoms with Gasteiger partial charge in [0.25, 0.3) is 0 Å². The Hall–Kier alpha value is -0.881. The molecule has 0 saturated carbocycles. The summed E-state index contributed by atoms with van der Waals surface area (Å²) in [5.74, 6) is 0. The van der Waals surface area contributed by atoms with Gasteiger partial charge in [0.15, 0.2) is 30.4 Å². The van der Waals surface area contributed by atoms with E-state index < -0.39 is 46.9 Å². The number of halogens is 9. The first kappa shape index (κ1) is 34.7. The molecule has 9 nitrogen and oxygen atoms in total. The van der Waals surface area contributed by atoms with Crippen LogP contribution in [-0.4, -0.2) is 78.0 Å². The Kier molecular flexibility index (Phi) is 13.9. The summed E-state index contributed by atoms with van der Waals surface area (Å²) in [5, 5.41) is 0. The molecule has 22 heteroatoms. The molecular weight excluding hydrogens is 638 g/mol. The number of hydrogen-bond acceptors (Lipinski definition) is 9. The van der Waals surface area contributed by atoms with Gasteiger partial charge >= 0.3 is 73.0 Å². The summed E-state index contributed by atoms with van der Waals surface area (Å²) in [7, 11) is -18.3. The molecule has 0 aromatic heterocycles. The molecule has 0 heterocycles. The van der Waals surface area contributed by atoms with Crippen LogP contribution in [0.5, 0.6) is 0 Å². The van der Waals surface area contributed by atoms with Crippen molar-refractivity contribution in [3.05, 3.63) is 30.3 Å². The molecule has 0 N–H and O–H groups in total. The second kappa shape index (κ2) is 12.4. The predicted octanol–water partition coefficient (Wildman–Crippen LogP) is 0.635. The summed E-state index contributed by atoms with van der Waals surface area (Å²) >= 11 is 1.49. The summed E-state index contributed by atoms with van der Waals surface area (Å²) in [5.41, 5.74) is -16.9. The van der Waals surface area contributed by atoms with Crippen LogP contribution in [0.1, 0.15) is 0 Å². The van der Waals surface area contributed by atoms with Crippen molar-refractivity contribution in [3.8, 4) is 0 Å². The van der Waals surface area contributed by atoms with E-state index in [4.69, 9.17) is 38.9 Å². The van der Waals surface area contributed by atoms with Gasteiger partial charge in [-0.2, -0.15) is 39.5 Å². The third-order valence-corrected chi connectivity index (χ3v) is 4.28. The van der Waals surface area contributed by atoms with Gasteiger partial charge in [0.1, 0.15) is 0 Å². The fourth-order valence-corrected chi connectivity index (χ4v) is 0.987. The minimum atomic E-state index is -6.09. The van der Waals surface area contributed by atoms with Gasteiger partial charge in [0, 0.05) is 0 Å². The zero-order valence-corrected chi connectivity index (χ0v) is 19.0. The molecule has 0 radical (unpaired) electrons. The van der Waals surface area contributed by atoms with Crippen molar-refractivity contribution >= 4 is 56.5 Å². The molecule has 0 aliphatic heterocycles. The first-order valence-corrected chi connectivity index (χ1v) is 11.6. The van der Waals surface area contributed by atoms with Crippen molar-refractivity contribution in [3.63, 3.8) is 0 Å². The van der Waals surface area contributed by atoms with Gasteiger partial charge in [-0.25, -0.2) is 25.3 Å². The Balaban J connectivity index is -0.000000337. The van der Waals surface area contributed by atoms with E-state index in [0.29, 0.717) is 0 Å². The molecule has 0 aliphatic rings. The Morgan fingerprint density at radius 3 is 0.774 bits per heavy atom. The van der Waals surface area contributed by atoms with Gasteiger partial charge in [-0.3, -0.25) is 0 Å². The topological polar surface area (TPSA) is 172 Å². The molecule has 0 amide bonds. The Bertz CT molecular complexity index is 867. The normalized spacial score (nSPS) is 12.8. The van der Waals surface area contributed by atoms with Crippen LogP contribution >= 0.6 is 0 Å². The van der Waals surface area contributed by atoms with Crippen LogP contribution in [-0.2, 0) is 30.4 Å². The summed E-state index contributed by atoms with van der Waals surface area (Å²) in [6, 6.07) is 10.4. The minimum absolute atomic E-state index is 1.41. The fraction of sp³-hybridized carbons (Fsp3) is 0.333. The molecule has 0 saturated heterocycles. The van der Waals surface area contributed by atoms with Crippen LogP contribution in [0.15, 0.2) is 30.3 Å².